The number of aliphatic hydroxyl groups is 3. The second-order valence-electron chi connectivity index (χ2n) is 10.1. The summed E-state index contributed by atoms with van der Waals surface area (Å²) in [6.45, 7) is 5.84. The van der Waals surface area contributed by atoms with Crippen molar-refractivity contribution in [3.63, 3.8) is 0 Å². The van der Waals surface area contributed by atoms with Gasteiger partial charge >= 0.3 is 11.9 Å². The van der Waals surface area contributed by atoms with Crippen LogP contribution in [0.15, 0.2) is 12.2 Å². The van der Waals surface area contributed by atoms with Crippen LogP contribution in [0.4, 0.5) is 0 Å². The zero-order chi connectivity index (χ0) is 27.6. The maximum atomic E-state index is 12.8. The molecule has 0 aromatic carbocycles. The van der Waals surface area contributed by atoms with Crippen molar-refractivity contribution in [1.82, 2.24) is 0 Å². The van der Waals surface area contributed by atoms with Crippen LogP contribution in [-0.4, -0.2) is 75.3 Å². The number of allylic oxidation sites excluding steroid dienone is 1. The van der Waals surface area contributed by atoms with Crippen LogP contribution in [0.2, 0.25) is 0 Å². The van der Waals surface area contributed by atoms with Crippen LogP contribution in [0.1, 0.15) is 111 Å². The van der Waals surface area contributed by atoms with Gasteiger partial charge in [-0.1, -0.05) is 70.9 Å². The number of unbranched alkanes of at least 4 members (excludes halogenated alkanes) is 8. The molecule has 9 heteroatoms. The minimum atomic E-state index is -1.48. The molecule has 2 unspecified atom stereocenters. The lowest BCUT2D eigenvalue weighted by Crippen LogP contribution is -2.58. The summed E-state index contributed by atoms with van der Waals surface area (Å²) in [7, 11) is 0. The van der Waals surface area contributed by atoms with Gasteiger partial charge in [-0.15, -0.1) is 0 Å². The monoisotopic (exact) mass is 530 g/mol. The molecular formula is C28H50O9. The van der Waals surface area contributed by atoms with Crippen molar-refractivity contribution in [3.8, 4) is 0 Å². The predicted octanol–water partition coefficient (Wildman–Crippen LogP) is 4.25. The quantitative estimate of drug-likeness (QED) is 0.103. The van der Waals surface area contributed by atoms with E-state index in [0.717, 1.165) is 57.8 Å². The summed E-state index contributed by atoms with van der Waals surface area (Å²) >= 11 is 0. The molecule has 1 heterocycles. The number of aliphatic carboxylic acids is 1. The van der Waals surface area contributed by atoms with Crippen LogP contribution >= 0.6 is 0 Å². The largest absolute Gasteiger partial charge is 0.481 e. The van der Waals surface area contributed by atoms with E-state index in [-0.39, 0.29) is 12.8 Å². The highest BCUT2D eigenvalue weighted by molar-refractivity contribution is 5.72. The van der Waals surface area contributed by atoms with Crippen LogP contribution in [0.25, 0.3) is 0 Å². The van der Waals surface area contributed by atoms with Crippen molar-refractivity contribution < 1.29 is 44.2 Å². The van der Waals surface area contributed by atoms with Crippen molar-refractivity contribution in [2.75, 3.05) is 0 Å². The SMILES string of the molecule is CCCCCC/C=C/CC(CC(=O)OC(CCCCCCC)CC(=O)O)O[C@@H]1O[C@@H](C)[C@H](O)[C@@H](O)[C@H]1O. The van der Waals surface area contributed by atoms with E-state index in [1.54, 1.807) is 6.92 Å². The van der Waals surface area contributed by atoms with Crippen molar-refractivity contribution in [3.05, 3.63) is 12.2 Å². The van der Waals surface area contributed by atoms with E-state index in [1.165, 1.54) is 6.42 Å². The highest BCUT2D eigenvalue weighted by atomic mass is 16.7. The Balaban J connectivity index is 2.76. The summed E-state index contributed by atoms with van der Waals surface area (Å²) in [6, 6.07) is 0. The Morgan fingerprint density at radius 1 is 0.838 bits per heavy atom. The summed E-state index contributed by atoms with van der Waals surface area (Å²) in [5.41, 5.74) is 0. The average molecular weight is 531 g/mol. The molecule has 0 bridgehead atoms. The summed E-state index contributed by atoms with van der Waals surface area (Å²) in [6.07, 6.45) is 7.26. The fraction of sp³-hybridized carbons (Fsp3) is 0.857. The topological polar surface area (TPSA) is 143 Å². The van der Waals surface area contributed by atoms with E-state index in [2.05, 4.69) is 13.8 Å². The molecule has 1 fully saturated rings. The molecule has 0 saturated carbocycles. The third-order valence-electron chi connectivity index (χ3n) is 6.65. The highest BCUT2D eigenvalue weighted by Gasteiger charge is 2.43. The number of aliphatic hydroxyl groups excluding tert-OH is 3. The number of esters is 1. The fourth-order valence-corrected chi connectivity index (χ4v) is 4.35. The van der Waals surface area contributed by atoms with E-state index < -0.39 is 54.9 Å². The number of rotatable bonds is 20. The molecular weight excluding hydrogens is 480 g/mol. The van der Waals surface area contributed by atoms with Gasteiger partial charge < -0.3 is 34.6 Å². The van der Waals surface area contributed by atoms with Crippen LogP contribution in [0, 0.1) is 0 Å². The lowest BCUT2D eigenvalue weighted by molar-refractivity contribution is -0.304. The second kappa shape index (κ2) is 19.5. The Hall–Kier alpha value is -1.52. The first-order valence-corrected chi connectivity index (χ1v) is 14.1. The van der Waals surface area contributed by atoms with Crippen LogP contribution in [0.3, 0.4) is 0 Å². The fourth-order valence-electron chi connectivity index (χ4n) is 4.35. The van der Waals surface area contributed by atoms with Gasteiger partial charge in [0.15, 0.2) is 6.29 Å². The Bertz CT molecular complexity index is 654. The molecule has 1 aliphatic rings. The molecule has 7 atom stereocenters. The molecule has 1 rings (SSSR count). The maximum Gasteiger partial charge on any atom is 0.308 e. The first-order chi connectivity index (χ1) is 17.7. The van der Waals surface area contributed by atoms with E-state index in [4.69, 9.17) is 14.2 Å². The van der Waals surface area contributed by atoms with Gasteiger partial charge in [-0.05, 0) is 39.0 Å². The maximum absolute atomic E-state index is 12.8. The van der Waals surface area contributed by atoms with Gasteiger partial charge in [0.05, 0.1) is 25.0 Å². The number of carbonyl (C=O) groups is 2. The first kappa shape index (κ1) is 33.5. The number of hydrogen-bond donors (Lipinski definition) is 4. The van der Waals surface area contributed by atoms with Crippen LogP contribution in [0.5, 0.6) is 0 Å². The normalized spacial score (nSPS) is 25.7. The van der Waals surface area contributed by atoms with E-state index in [9.17, 15) is 30.0 Å². The number of ether oxygens (including phenoxy) is 3. The summed E-state index contributed by atoms with van der Waals surface area (Å²) in [5.74, 6) is -1.61. The van der Waals surface area contributed by atoms with Gasteiger partial charge in [-0.3, -0.25) is 9.59 Å². The van der Waals surface area contributed by atoms with Gasteiger partial charge in [0.25, 0.3) is 0 Å². The molecule has 0 amide bonds. The van der Waals surface area contributed by atoms with Crippen LogP contribution < -0.4 is 0 Å². The Morgan fingerprint density at radius 2 is 1.49 bits per heavy atom. The van der Waals surface area contributed by atoms with E-state index in [1.807, 2.05) is 12.2 Å². The first-order valence-electron chi connectivity index (χ1n) is 14.1. The molecule has 1 aliphatic heterocycles. The molecule has 0 spiro atoms. The van der Waals surface area contributed by atoms with E-state index >= 15 is 0 Å². The minimum absolute atomic E-state index is 0.161. The van der Waals surface area contributed by atoms with Gasteiger partial charge in [0, 0.05) is 0 Å². The molecule has 0 aromatic heterocycles. The van der Waals surface area contributed by atoms with Gasteiger partial charge in [0.2, 0.25) is 0 Å². The minimum Gasteiger partial charge on any atom is -0.481 e. The smallest absolute Gasteiger partial charge is 0.308 e. The van der Waals surface area contributed by atoms with E-state index in [0.29, 0.717) is 12.8 Å². The number of carbonyl (C=O) groups excluding carboxylic acids is 1. The molecule has 216 valence electrons. The summed E-state index contributed by atoms with van der Waals surface area (Å²) < 4.78 is 17.0. The molecule has 37 heavy (non-hydrogen) atoms. The summed E-state index contributed by atoms with van der Waals surface area (Å²) in [5, 5.41) is 39.6. The Labute approximate surface area is 222 Å². The molecule has 9 nitrogen and oxygen atoms in total. The van der Waals surface area contributed by atoms with Crippen LogP contribution in [-0.2, 0) is 23.8 Å². The predicted molar refractivity (Wildman–Crippen MR) is 140 cm³/mol. The van der Waals surface area contributed by atoms with Crippen molar-refractivity contribution >= 4 is 11.9 Å². The molecule has 0 aliphatic carbocycles. The highest BCUT2D eigenvalue weighted by Crippen LogP contribution is 2.25. The lowest BCUT2D eigenvalue weighted by Gasteiger charge is -2.40. The van der Waals surface area contributed by atoms with Crippen molar-refractivity contribution in [2.45, 2.75) is 154 Å². The number of carboxylic acids is 1. The van der Waals surface area contributed by atoms with Gasteiger partial charge in [-0.25, -0.2) is 0 Å². The third kappa shape index (κ3) is 14.3. The second-order valence-corrected chi connectivity index (χ2v) is 10.1. The zero-order valence-electron chi connectivity index (χ0n) is 22.9. The Kier molecular flexibility index (Phi) is 17.7. The molecule has 1 saturated heterocycles. The van der Waals surface area contributed by atoms with Gasteiger partial charge in [-0.2, -0.15) is 0 Å². The average Bonchev–Trinajstić information content (AvgIpc) is 2.84. The van der Waals surface area contributed by atoms with Gasteiger partial charge in [0.1, 0.15) is 24.4 Å². The summed E-state index contributed by atoms with van der Waals surface area (Å²) in [4.78, 5) is 24.1. The molecule has 0 radical (unpaired) electrons. The third-order valence-corrected chi connectivity index (χ3v) is 6.65. The van der Waals surface area contributed by atoms with Crippen molar-refractivity contribution in [2.24, 2.45) is 0 Å². The molecule has 0 aromatic rings. The Morgan fingerprint density at radius 3 is 2.14 bits per heavy atom. The zero-order valence-corrected chi connectivity index (χ0v) is 22.9. The standard InChI is InChI=1S/C28H50O9/c1-4-6-8-10-11-13-15-17-22(37-28-27(34)26(33)25(32)20(3)35-28)19-24(31)36-21(18-23(29)30)16-14-12-9-7-5-2/h13,15,20-22,25-28,32-34H,4-12,14,16-19H2,1-3H3,(H,29,30)/b15-13+/t20-,21?,22?,25-,26+,27+,28-/m0/s1. The van der Waals surface area contributed by atoms with Crippen molar-refractivity contribution in [1.29, 1.82) is 0 Å². The molecule has 4 N–H and O–H groups in total. The number of hydrogen-bond acceptors (Lipinski definition) is 8. The number of carboxylic acid groups (broad SMARTS) is 1. The lowest BCUT2D eigenvalue weighted by atomic mass is 10.00.